The highest BCUT2D eigenvalue weighted by Crippen LogP contribution is 2.41. The van der Waals surface area contributed by atoms with Gasteiger partial charge in [-0.15, -0.1) is 0 Å². The Kier molecular flexibility index (Phi) is 7.83. The highest BCUT2D eigenvalue weighted by atomic mass is 32.2. The Morgan fingerprint density at radius 3 is 2.26 bits per heavy atom. The second-order valence-corrected chi connectivity index (χ2v) is 8.32. The summed E-state index contributed by atoms with van der Waals surface area (Å²) in [5, 5.41) is -5.59. The van der Waals surface area contributed by atoms with Gasteiger partial charge in [0.05, 0.1) is 12.2 Å². The van der Waals surface area contributed by atoms with Crippen LogP contribution in [0.4, 0.5) is 17.6 Å². The molecule has 0 radical (unpaired) electrons. The number of halogens is 4. The lowest BCUT2D eigenvalue weighted by Gasteiger charge is -2.33. The largest absolute Gasteiger partial charge is 0.456 e. The predicted molar refractivity (Wildman–Crippen MR) is 88.2 cm³/mol. The highest BCUT2D eigenvalue weighted by molar-refractivity contribution is 7.87. The standard InChI is InChI=1S/C16H24F4O6S/c1-12(13(21)26-14(2)7-4-3-5-8-14)11-25-10-6-9-15(17,18)16(19,20)27(22,23)24/h1,3-11H2,2H3,(H,22,23,24). The van der Waals surface area contributed by atoms with Gasteiger partial charge in [0.25, 0.3) is 0 Å². The van der Waals surface area contributed by atoms with E-state index in [1.54, 1.807) is 0 Å². The summed E-state index contributed by atoms with van der Waals surface area (Å²) in [6.07, 6.45) is 2.24. The molecule has 0 heterocycles. The topological polar surface area (TPSA) is 89.9 Å². The fourth-order valence-electron chi connectivity index (χ4n) is 2.68. The smallest absolute Gasteiger partial charge is 0.431 e. The van der Waals surface area contributed by atoms with Gasteiger partial charge in [0.1, 0.15) is 5.60 Å². The lowest BCUT2D eigenvalue weighted by atomic mass is 9.86. The molecule has 0 aromatic rings. The molecule has 0 aliphatic heterocycles. The first kappa shape index (κ1) is 23.8. The van der Waals surface area contributed by atoms with Crippen LogP contribution in [0.2, 0.25) is 0 Å². The van der Waals surface area contributed by atoms with E-state index in [1.165, 1.54) is 0 Å². The zero-order chi connectivity index (χ0) is 20.9. The van der Waals surface area contributed by atoms with Crippen LogP contribution in [0, 0.1) is 0 Å². The van der Waals surface area contributed by atoms with E-state index in [4.69, 9.17) is 14.0 Å². The molecule has 158 valence electrons. The molecular weight excluding hydrogens is 396 g/mol. The number of hydrogen-bond donors (Lipinski definition) is 1. The van der Waals surface area contributed by atoms with Crippen LogP contribution in [0.3, 0.4) is 0 Å². The van der Waals surface area contributed by atoms with Gasteiger partial charge in [-0.3, -0.25) is 4.55 Å². The third-order valence-corrected chi connectivity index (χ3v) is 5.29. The molecule has 0 saturated heterocycles. The zero-order valence-electron chi connectivity index (χ0n) is 15.0. The Hall–Kier alpha value is -1.20. The monoisotopic (exact) mass is 420 g/mol. The maximum atomic E-state index is 13.3. The second-order valence-electron chi connectivity index (χ2n) is 6.86. The molecule has 0 unspecified atom stereocenters. The van der Waals surface area contributed by atoms with Crippen LogP contribution in [-0.2, 0) is 24.4 Å². The fraction of sp³-hybridized carbons (Fsp3) is 0.812. The minimum Gasteiger partial charge on any atom is -0.456 e. The van der Waals surface area contributed by atoms with Crippen molar-refractivity contribution in [3.8, 4) is 0 Å². The Labute approximate surface area is 155 Å². The van der Waals surface area contributed by atoms with Gasteiger partial charge in [0.15, 0.2) is 0 Å². The minimum atomic E-state index is -6.25. The summed E-state index contributed by atoms with van der Waals surface area (Å²) in [6, 6.07) is 0. The molecule has 0 atom stereocenters. The van der Waals surface area contributed by atoms with Crippen molar-refractivity contribution in [2.24, 2.45) is 0 Å². The molecule has 0 spiro atoms. The van der Waals surface area contributed by atoms with Gasteiger partial charge in [0.2, 0.25) is 0 Å². The summed E-state index contributed by atoms with van der Waals surface area (Å²) in [6.45, 7) is 4.52. The van der Waals surface area contributed by atoms with Gasteiger partial charge >= 0.3 is 27.3 Å². The second kappa shape index (κ2) is 8.87. The maximum absolute atomic E-state index is 13.3. The molecule has 1 saturated carbocycles. The number of hydrogen-bond acceptors (Lipinski definition) is 5. The first-order valence-corrected chi connectivity index (χ1v) is 9.87. The minimum absolute atomic E-state index is 0.0446. The number of carbonyl (C=O) groups excluding carboxylic acids is 1. The molecule has 6 nitrogen and oxygen atoms in total. The lowest BCUT2D eigenvalue weighted by molar-refractivity contribution is -0.166. The lowest BCUT2D eigenvalue weighted by Crippen LogP contribution is -2.46. The van der Waals surface area contributed by atoms with Crippen molar-refractivity contribution in [3.05, 3.63) is 12.2 Å². The number of carbonyl (C=O) groups is 1. The van der Waals surface area contributed by atoms with E-state index < -0.39 is 52.3 Å². The quantitative estimate of drug-likeness (QED) is 0.190. The predicted octanol–water partition coefficient (Wildman–Crippen LogP) is 3.72. The number of rotatable bonds is 10. The van der Waals surface area contributed by atoms with Gasteiger partial charge in [-0.05, 0) is 39.0 Å². The van der Waals surface area contributed by atoms with Crippen LogP contribution in [0.1, 0.15) is 51.9 Å². The summed E-state index contributed by atoms with van der Waals surface area (Å²) in [5.41, 5.74) is -0.626. The molecule has 0 aromatic carbocycles. The Balaban J connectivity index is 2.37. The molecular formula is C16H24F4O6S. The molecule has 1 aliphatic rings. The molecule has 1 rings (SSSR count). The highest BCUT2D eigenvalue weighted by Gasteiger charge is 2.64. The Morgan fingerprint density at radius 2 is 1.74 bits per heavy atom. The van der Waals surface area contributed by atoms with E-state index in [0.29, 0.717) is 0 Å². The summed E-state index contributed by atoms with van der Waals surface area (Å²) in [7, 11) is -6.25. The van der Waals surface area contributed by atoms with Gasteiger partial charge in [0, 0.05) is 13.0 Å². The van der Waals surface area contributed by atoms with Crippen molar-refractivity contribution in [1.82, 2.24) is 0 Å². The SMILES string of the molecule is C=C(COCCCC(F)(F)C(F)(F)S(=O)(=O)O)C(=O)OC1(C)CCCCC1. The van der Waals surface area contributed by atoms with Crippen LogP contribution in [0.5, 0.6) is 0 Å². The van der Waals surface area contributed by atoms with Crippen molar-refractivity contribution < 1.29 is 44.8 Å². The van der Waals surface area contributed by atoms with Crippen molar-refractivity contribution in [2.75, 3.05) is 13.2 Å². The van der Waals surface area contributed by atoms with Gasteiger partial charge in [-0.2, -0.15) is 26.0 Å². The fourth-order valence-corrected chi connectivity index (χ4v) is 3.16. The molecule has 1 fully saturated rings. The first-order valence-electron chi connectivity index (χ1n) is 8.43. The Bertz CT molecular complexity index is 641. The molecule has 11 heteroatoms. The van der Waals surface area contributed by atoms with Gasteiger partial charge in [-0.1, -0.05) is 13.0 Å². The number of esters is 1. The Morgan fingerprint density at radius 1 is 1.19 bits per heavy atom. The van der Waals surface area contributed by atoms with Gasteiger partial charge in [-0.25, -0.2) is 4.79 Å². The van der Waals surface area contributed by atoms with Crippen LogP contribution < -0.4 is 0 Å². The molecule has 1 aliphatic carbocycles. The van der Waals surface area contributed by atoms with Crippen LogP contribution >= 0.6 is 0 Å². The average molecular weight is 420 g/mol. The molecule has 27 heavy (non-hydrogen) atoms. The molecule has 0 amide bonds. The van der Waals surface area contributed by atoms with Crippen LogP contribution in [0.15, 0.2) is 12.2 Å². The van der Waals surface area contributed by atoms with Crippen molar-refractivity contribution in [1.29, 1.82) is 0 Å². The normalized spacial score (nSPS) is 18.1. The van der Waals surface area contributed by atoms with Gasteiger partial charge < -0.3 is 9.47 Å². The number of alkyl halides is 4. The number of ether oxygens (including phenoxy) is 2. The van der Waals surface area contributed by atoms with E-state index in [0.717, 1.165) is 32.1 Å². The van der Waals surface area contributed by atoms with E-state index in [2.05, 4.69) is 6.58 Å². The third kappa shape index (κ3) is 6.42. The van der Waals surface area contributed by atoms with Crippen molar-refractivity contribution in [3.63, 3.8) is 0 Å². The summed E-state index contributed by atoms with van der Waals surface area (Å²) < 4.78 is 91.9. The van der Waals surface area contributed by atoms with Crippen LogP contribution in [-0.4, -0.2) is 48.9 Å². The van der Waals surface area contributed by atoms with E-state index in [1.807, 2.05) is 6.92 Å². The summed E-state index contributed by atoms with van der Waals surface area (Å²) >= 11 is 0. The van der Waals surface area contributed by atoms with Crippen molar-refractivity contribution >= 4 is 16.1 Å². The summed E-state index contributed by atoms with van der Waals surface area (Å²) in [4.78, 5) is 12.0. The zero-order valence-corrected chi connectivity index (χ0v) is 15.8. The first-order chi connectivity index (χ1) is 12.2. The summed E-state index contributed by atoms with van der Waals surface area (Å²) in [5.74, 6) is -5.64. The average Bonchev–Trinajstić information content (AvgIpc) is 2.53. The van der Waals surface area contributed by atoms with Crippen molar-refractivity contribution in [2.45, 2.75) is 68.6 Å². The van der Waals surface area contributed by atoms with E-state index >= 15 is 0 Å². The van der Waals surface area contributed by atoms with Crippen LogP contribution in [0.25, 0.3) is 0 Å². The molecule has 0 aromatic heterocycles. The maximum Gasteiger partial charge on any atom is 0.431 e. The molecule has 1 N–H and O–H groups in total. The van der Waals surface area contributed by atoms with E-state index in [9.17, 15) is 30.8 Å². The molecule has 0 bridgehead atoms. The van der Waals surface area contributed by atoms with E-state index in [-0.39, 0.29) is 12.2 Å². The third-order valence-electron chi connectivity index (χ3n) is 4.34.